The van der Waals surface area contributed by atoms with Crippen molar-refractivity contribution in [2.75, 3.05) is 18.4 Å². The van der Waals surface area contributed by atoms with E-state index < -0.39 is 0 Å². The first-order valence-corrected chi connectivity index (χ1v) is 8.02. The van der Waals surface area contributed by atoms with Gasteiger partial charge >= 0.3 is 0 Å². The van der Waals surface area contributed by atoms with Crippen molar-refractivity contribution in [1.29, 1.82) is 0 Å². The minimum Gasteiger partial charge on any atom is -0.324 e. The summed E-state index contributed by atoms with van der Waals surface area (Å²) < 4.78 is 1.78. The summed E-state index contributed by atoms with van der Waals surface area (Å²) in [5.41, 5.74) is 0.494. The van der Waals surface area contributed by atoms with Gasteiger partial charge in [0.2, 0.25) is 5.91 Å². The zero-order valence-electron chi connectivity index (χ0n) is 11.1. The second kappa shape index (κ2) is 5.94. The average Bonchev–Trinajstić information content (AvgIpc) is 2.84. The normalized spacial score (nSPS) is 22.8. The molecule has 0 radical (unpaired) electrons. The highest BCUT2D eigenvalue weighted by Crippen LogP contribution is 2.37. The molecule has 1 amide bonds. The van der Waals surface area contributed by atoms with Crippen LogP contribution in [0.3, 0.4) is 0 Å². The summed E-state index contributed by atoms with van der Waals surface area (Å²) in [4.78, 5) is 12.7. The molecule has 1 saturated heterocycles. The van der Waals surface area contributed by atoms with Gasteiger partial charge in [-0.15, -0.1) is 0 Å². The van der Waals surface area contributed by atoms with Crippen LogP contribution >= 0.6 is 31.9 Å². The van der Waals surface area contributed by atoms with Gasteiger partial charge in [-0.1, -0.05) is 19.9 Å². The molecule has 1 fully saturated rings. The highest BCUT2D eigenvalue weighted by atomic mass is 79.9. The van der Waals surface area contributed by atoms with Crippen molar-refractivity contribution in [3.63, 3.8) is 0 Å². The van der Waals surface area contributed by atoms with Crippen molar-refractivity contribution in [3.05, 3.63) is 27.1 Å². The van der Waals surface area contributed by atoms with Crippen molar-refractivity contribution in [2.24, 2.45) is 11.3 Å². The van der Waals surface area contributed by atoms with Gasteiger partial charge < -0.3 is 10.6 Å². The monoisotopic (exact) mass is 388 g/mol. The molecule has 1 aromatic rings. The minimum atomic E-state index is -0.311. The van der Waals surface area contributed by atoms with Gasteiger partial charge in [-0.3, -0.25) is 4.79 Å². The van der Waals surface area contributed by atoms with Crippen LogP contribution in [-0.4, -0.2) is 19.0 Å². The van der Waals surface area contributed by atoms with Gasteiger partial charge in [0.15, 0.2) is 0 Å². The van der Waals surface area contributed by atoms with E-state index in [2.05, 4.69) is 56.3 Å². The van der Waals surface area contributed by atoms with Gasteiger partial charge in [0, 0.05) is 15.5 Å². The fourth-order valence-corrected chi connectivity index (χ4v) is 3.71. The van der Waals surface area contributed by atoms with Gasteiger partial charge in [-0.2, -0.15) is 0 Å². The first-order chi connectivity index (χ1) is 8.97. The lowest BCUT2D eigenvalue weighted by molar-refractivity contribution is -0.126. The molecule has 1 unspecified atom stereocenters. The largest absolute Gasteiger partial charge is 0.324 e. The third-order valence-electron chi connectivity index (χ3n) is 3.95. The van der Waals surface area contributed by atoms with E-state index in [0.29, 0.717) is 5.92 Å². The summed E-state index contributed by atoms with van der Waals surface area (Å²) >= 11 is 6.96. The Morgan fingerprint density at radius 3 is 2.47 bits per heavy atom. The van der Waals surface area contributed by atoms with Crippen molar-refractivity contribution in [2.45, 2.75) is 20.3 Å². The van der Waals surface area contributed by atoms with Crippen LogP contribution in [0.4, 0.5) is 5.69 Å². The molecule has 1 aromatic carbocycles. The molecule has 1 heterocycles. The first-order valence-electron chi connectivity index (χ1n) is 6.43. The van der Waals surface area contributed by atoms with E-state index in [-0.39, 0.29) is 11.3 Å². The lowest BCUT2D eigenvalue weighted by Gasteiger charge is -2.31. The molecule has 2 N–H and O–H groups in total. The standard InChI is InChI=1S/C14H18Br2N2O/c1-9(2)14(6-7-17-8-14)13(19)18-12-10(15)4-3-5-11(12)16/h3-5,9,17H,6-8H2,1-2H3,(H,18,19). The minimum absolute atomic E-state index is 0.0973. The van der Waals surface area contributed by atoms with Crippen LogP contribution in [0.5, 0.6) is 0 Å². The molecule has 0 bridgehead atoms. The number of hydrogen-bond acceptors (Lipinski definition) is 2. The number of halogens is 2. The molecule has 1 aliphatic rings. The van der Waals surface area contributed by atoms with Crippen LogP contribution < -0.4 is 10.6 Å². The summed E-state index contributed by atoms with van der Waals surface area (Å²) in [6, 6.07) is 5.78. The van der Waals surface area contributed by atoms with Crippen molar-refractivity contribution in [3.8, 4) is 0 Å². The van der Waals surface area contributed by atoms with E-state index in [9.17, 15) is 4.79 Å². The molecule has 19 heavy (non-hydrogen) atoms. The number of para-hydroxylation sites is 1. The van der Waals surface area contributed by atoms with Crippen LogP contribution in [0, 0.1) is 11.3 Å². The molecular weight excluding hydrogens is 372 g/mol. The number of amides is 1. The molecule has 2 rings (SSSR count). The van der Waals surface area contributed by atoms with Crippen LogP contribution in [0.25, 0.3) is 0 Å². The zero-order valence-corrected chi connectivity index (χ0v) is 14.3. The molecule has 0 aromatic heterocycles. The van der Waals surface area contributed by atoms with E-state index in [1.807, 2.05) is 18.2 Å². The predicted molar refractivity (Wildman–Crippen MR) is 85.2 cm³/mol. The van der Waals surface area contributed by atoms with Gasteiger partial charge in [0.25, 0.3) is 0 Å². The van der Waals surface area contributed by atoms with E-state index >= 15 is 0 Å². The second-order valence-electron chi connectivity index (χ2n) is 5.29. The third-order valence-corrected chi connectivity index (χ3v) is 5.27. The summed E-state index contributed by atoms with van der Waals surface area (Å²) in [6.07, 6.45) is 0.887. The number of anilines is 1. The zero-order chi connectivity index (χ0) is 14.0. The maximum absolute atomic E-state index is 12.7. The van der Waals surface area contributed by atoms with Crippen LogP contribution in [0.2, 0.25) is 0 Å². The summed E-state index contributed by atoms with van der Waals surface area (Å²) in [5.74, 6) is 0.406. The number of carbonyl (C=O) groups excluding carboxylic acids is 1. The Labute approximate surface area is 130 Å². The highest BCUT2D eigenvalue weighted by Gasteiger charge is 2.44. The van der Waals surface area contributed by atoms with Crippen molar-refractivity contribution < 1.29 is 4.79 Å². The van der Waals surface area contributed by atoms with E-state index in [1.165, 1.54) is 0 Å². The second-order valence-corrected chi connectivity index (χ2v) is 7.00. The maximum atomic E-state index is 12.7. The van der Waals surface area contributed by atoms with Crippen molar-refractivity contribution in [1.82, 2.24) is 5.32 Å². The fraction of sp³-hybridized carbons (Fsp3) is 0.500. The molecule has 1 aliphatic heterocycles. The van der Waals surface area contributed by atoms with Gasteiger partial charge in [-0.05, 0) is 62.9 Å². The quantitative estimate of drug-likeness (QED) is 0.825. The highest BCUT2D eigenvalue weighted by molar-refractivity contribution is 9.11. The van der Waals surface area contributed by atoms with E-state index in [1.54, 1.807) is 0 Å². The molecule has 5 heteroatoms. The lowest BCUT2D eigenvalue weighted by atomic mass is 9.75. The molecule has 1 atom stereocenters. The Morgan fingerprint density at radius 2 is 2.00 bits per heavy atom. The van der Waals surface area contributed by atoms with Crippen molar-refractivity contribution >= 4 is 43.5 Å². The average molecular weight is 390 g/mol. The fourth-order valence-electron chi connectivity index (χ4n) is 2.52. The Bertz CT molecular complexity index is 462. The summed E-state index contributed by atoms with van der Waals surface area (Å²) in [6.45, 7) is 5.88. The smallest absolute Gasteiger partial charge is 0.232 e. The molecular formula is C14H18Br2N2O. The SMILES string of the molecule is CC(C)C1(C(=O)Nc2c(Br)cccc2Br)CCNC1. The Balaban J connectivity index is 2.25. The van der Waals surface area contributed by atoms with Crippen LogP contribution in [-0.2, 0) is 4.79 Å². The maximum Gasteiger partial charge on any atom is 0.232 e. The molecule has 0 saturated carbocycles. The van der Waals surface area contributed by atoms with Gasteiger partial charge in [0.1, 0.15) is 0 Å². The Kier molecular flexibility index (Phi) is 4.69. The molecule has 0 aliphatic carbocycles. The number of nitrogens with one attached hydrogen (secondary N) is 2. The van der Waals surface area contributed by atoms with E-state index in [4.69, 9.17) is 0 Å². The Morgan fingerprint density at radius 1 is 1.37 bits per heavy atom. The number of hydrogen-bond donors (Lipinski definition) is 2. The number of benzene rings is 1. The Hall–Kier alpha value is -0.390. The molecule has 104 valence electrons. The number of rotatable bonds is 3. The van der Waals surface area contributed by atoms with Crippen LogP contribution in [0.1, 0.15) is 20.3 Å². The van der Waals surface area contributed by atoms with Gasteiger partial charge in [-0.25, -0.2) is 0 Å². The molecule has 3 nitrogen and oxygen atoms in total. The topological polar surface area (TPSA) is 41.1 Å². The summed E-state index contributed by atoms with van der Waals surface area (Å²) in [7, 11) is 0. The summed E-state index contributed by atoms with van der Waals surface area (Å²) in [5, 5.41) is 6.38. The first kappa shape index (κ1) is 15.0. The number of carbonyl (C=O) groups is 1. The van der Waals surface area contributed by atoms with Crippen LogP contribution in [0.15, 0.2) is 27.1 Å². The predicted octanol–water partition coefficient (Wildman–Crippen LogP) is 3.79. The lowest BCUT2D eigenvalue weighted by Crippen LogP contribution is -2.42. The van der Waals surface area contributed by atoms with E-state index in [0.717, 1.165) is 34.1 Å². The van der Waals surface area contributed by atoms with Gasteiger partial charge in [0.05, 0.1) is 11.1 Å². The molecule has 0 spiro atoms. The third kappa shape index (κ3) is 2.88.